The summed E-state index contributed by atoms with van der Waals surface area (Å²) in [5.74, 6) is 2.11. The van der Waals surface area contributed by atoms with Crippen LogP contribution in [0.5, 0.6) is 0 Å². The number of para-hydroxylation sites is 1. The third-order valence-electron chi connectivity index (χ3n) is 3.69. The molecule has 1 N–H and O–H groups in total. The Bertz CT molecular complexity index is 760. The summed E-state index contributed by atoms with van der Waals surface area (Å²) in [6.45, 7) is 7.95. The van der Waals surface area contributed by atoms with Gasteiger partial charge in [0.15, 0.2) is 0 Å². The lowest BCUT2D eigenvalue weighted by Crippen LogP contribution is -2.22. The predicted molar refractivity (Wildman–Crippen MR) is 80.0 cm³/mol. The molecule has 0 saturated heterocycles. The lowest BCUT2D eigenvalue weighted by Gasteiger charge is -2.16. The van der Waals surface area contributed by atoms with Crippen molar-refractivity contribution >= 4 is 11.0 Å². The normalized spacial score (nSPS) is 14.5. The largest absolute Gasteiger partial charge is 0.459 e. The standard InChI is InChI=1S/C16H19N3O2/c1-9-13-7-5-6-8-14(13)21-15(9)10(2)17-11(3)16-19-18-12(4)20-16/h5-8,10-11,17H,1-4H3/t10-,11-/m1/s1. The molecule has 0 aliphatic heterocycles. The van der Waals surface area contributed by atoms with Crippen molar-refractivity contribution < 1.29 is 8.83 Å². The van der Waals surface area contributed by atoms with Crippen LogP contribution in [0.1, 0.15) is 49.0 Å². The Morgan fingerprint density at radius 1 is 1.00 bits per heavy atom. The monoisotopic (exact) mass is 285 g/mol. The topological polar surface area (TPSA) is 64.1 Å². The van der Waals surface area contributed by atoms with Crippen molar-refractivity contribution in [1.82, 2.24) is 15.5 Å². The van der Waals surface area contributed by atoms with Gasteiger partial charge in [-0.3, -0.25) is 5.32 Å². The number of rotatable bonds is 4. The summed E-state index contributed by atoms with van der Waals surface area (Å²) < 4.78 is 11.4. The highest BCUT2D eigenvalue weighted by atomic mass is 16.4. The van der Waals surface area contributed by atoms with Gasteiger partial charge in [0, 0.05) is 12.3 Å². The average molecular weight is 285 g/mol. The first-order chi connectivity index (χ1) is 10.1. The SMILES string of the molecule is Cc1nnc([C@@H](C)N[C@H](C)c2oc3ccccc3c2C)o1. The number of hydrogen-bond donors (Lipinski definition) is 1. The van der Waals surface area contributed by atoms with Gasteiger partial charge in [0.1, 0.15) is 11.3 Å². The van der Waals surface area contributed by atoms with Crippen LogP contribution in [-0.4, -0.2) is 10.2 Å². The maximum atomic E-state index is 5.97. The lowest BCUT2D eigenvalue weighted by molar-refractivity contribution is 0.356. The van der Waals surface area contributed by atoms with Crippen molar-refractivity contribution in [3.8, 4) is 0 Å². The second kappa shape index (κ2) is 5.33. The van der Waals surface area contributed by atoms with Gasteiger partial charge in [-0.2, -0.15) is 0 Å². The molecule has 0 radical (unpaired) electrons. The molecule has 0 fully saturated rings. The first-order valence-corrected chi connectivity index (χ1v) is 7.10. The highest BCUT2D eigenvalue weighted by molar-refractivity contribution is 5.82. The molecule has 0 aliphatic rings. The molecule has 1 aromatic carbocycles. The Hall–Kier alpha value is -2.14. The number of aromatic nitrogens is 2. The summed E-state index contributed by atoms with van der Waals surface area (Å²) in [6.07, 6.45) is 0. The van der Waals surface area contributed by atoms with Crippen LogP contribution in [0.2, 0.25) is 0 Å². The van der Waals surface area contributed by atoms with Crippen LogP contribution in [-0.2, 0) is 0 Å². The van der Waals surface area contributed by atoms with Crippen molar-refractivity contribution in [3.63, 3.8) is 0 Å². The summed E-state index contributed by atoms with van der Waals surface area (Å²) in [5, 5.41) is 12.5. The van der Waals surface area contributed by atoms with E-state index in [0.717, 1.165) is 16.7 Å². The number of aryl methyl sites for hydroxylation is 2. The number of benzene rings is 1. The molecule has 0 unspecified atom stereocenters. The predicted octanol–water partition coefficient (Wildman–Crippen LogP) is 3.84. The van der Waals surface area contributed by atoms with Crippen LogP contribution in [0.3, 0.4) is 0 Å². The van der Waals surface area contributed by atoms with E-state index in [2.05, 4.69) is 35.4 Å². The second-order valence-electron chi connectivity index (χ2n) is 5.36. The van der Waals surface area contributed by atoms with Crippen LogP contribution in [0.25, 0.3) is 11.0 Å². The maximum Gasteiger partial charge on any atom is 0.233 e. The Kier molecular flexibility index (Phi) is 3.51. The van der Waals surface area contributed by atoms with Crippen molar-refractivity contribution in [2.45, 2.75) is 39.8 Å². The van der Waals surface area contributed by atoms with Gasteiger partial charge in [0.25, 0.3) is 0 Å². The van der Waals surface area contributed by atoms with Gasteiger partial charge in [0.05, 0.1) is 12.1 Å². The van der Waals surface area contributed by atoms with Crippen molar-refractivity contribution in [2.24, 2.45) is 0 Å². The smallest absolute Gasteiger partial charge is 0.233 e. The molecule has 0 aliphatic carbocycles. The zero-order chi connectivity index (χ0) is 15.0. The highest BCUT2D eigenvalue weighted by Crippen LogP contribution is 2.30. The molecule has 21 heavy (non-hydrogen) atoms. The quantitative estimate of drug-likeness (QED) is 0.789. The number of fused-ring (bicyclic) bond motifs is 1. The van der Waals surface area contributed by atoms with Crippen LogP contribution in [0.15, 0.2) is 33.1 Å². The summed E-state index contributed by atoms with van der Waals surface area (Å²) in [5.41, 5.74) is 2.08. The summed E-state index contributed by atoms with van der Waals surface area (Å²) in [6, 6.07) is 8.10. The Labute approximate surface area is 123 Å². The van der Waals surface area contributed by atoms with E-state index in [0.29, 0.717) is 11.8 Å². The summed E-state index contributed by atoms with van der Waals surface area (Å²) >= 11 is 0. The van der Waals surface area contributed by atoms with Crippen molar-refractivity contribution in [3.05, 3.63) is 47.4 Å². The average Bonchev–Trinajstić information content (AvgIpc) is 3.04. The number of furan rings is 1. The van der Waals surface area contributed by atoms with Gasteiger partial charge in [-0.15, -0.1) is 10.2 Å². The van der Waals surface area contributed by atoms with Crippen LogP contribution >= 0.6 is 0 Å². The van der Waals surface area contributed by atoms with Gasteiger partial charge in [-0.25, -0.2) is 0 Å². The zero-order valence-electron chi connectivity index (χ0n) is 12.7. The first-order valence-electron chi connectivity index (χ1n) is 7.10. The van der Waals surface area contributed by atoms with Gasteiger partial charge >= 0.3 is 0 Å². The van der Waals surface area contributed by atoms with E-state index in [1.165, 1.54) is 5.56 Å². The molecule has 0 amide bonds. The van der Waals surface area contributed by atoms with E-state index in [9.17, 15) is 0 Å². The fourth-order valence-electron chi connectivity index (χ4n) is 2.62. The minimum Gasteiger partial charge on any atom is -0.459 e. The molecule has 5 heteroatoms. The fraction of sp³-hybridized carbons (Fsp3) is 0.375. The molecule has 0 spiro atoms. The van der Waals surface area contributed by atoms with E-state index < -0.39 is 0 Å². The third kappa shape index (κ3) is 2.56. The fourth-order valence-corrected chi connectivity index (χ4v) is 2.62. The molecule has 3 rings (SSSR count). The van der Waals surface area contributed by atoms with Gasteiger partial charge < -0.3 is 8.83 Å². The molecule has 0 saturated carbocycles. The second-order valence-corrected chi connectivity index (χ2v) is 5.36. The minimum absolute atomic E-state index is 0.0335. The Morgan fingerprint density at radius 3 is 2.43 bits per heavy atom. The van der Waals surface area contributed by atoms with Crippen LogP contribution < -0.4 is 5.32 Å². The summed E-state index contributed by atoms with van der Waals surface area (Å²) in [7, 11) is 0. The van der Waals surface area contributed by atoms with E-state index in [4.69, 9.17) is 8.83 Å². The lowest BCUT2D eigenvalue weighted by atomic mass is 10.1. The van der Waals surface area contributed by atoms with Crippen LogP contribution in [0.4, 0.5) is 0 Å². The molecule has 5 nitrogen and oxygen atoms in total. The van der Waals surface area contributed by atoms with E-state index in [1.54, 1.807) is 6.92 Å². The van der Waals surface area contributed by atoms with E-state index >= 15 is 0 Å². The molecule has 3 aromatic rings. The van der Waals surface area contributed by atoms with E-state index in [1.807, 2.05) is 25.1 Å². The molecule has 0 bridgehead atoms. The van der Waals surface area contributed by atoms with Crippen molar-refractivity contribution in [2.75, 3.05) is 0 Å². The molecule has 2 atom stereocenters. The third-order valence-corrected chi connectivity index (χ3v) is 3.69. The maximum absolute atomic E-state index is 5.97. The van der Waals surface area contributed by atoms with E-state index in [-0.39, 0.29) is 12.1 Å². The van der Waals surface area contributed by atoms with Gasteiger partial charge in [-0.05, 0) is 32.4 Å². The Morgan fingerprint density at radius 2 is 1.76 bits per heavy atom. The zero-order valence-corrected chi connectivity index (χ0v) is 12.7. The molecule has 2 aromatic heterocycles. The first kappa shape index (κ1) is 13.8. The molecule has 110 valence electrons. The number of hydrogen-bond acceptors (Lipinski definition) is 5. The molecule has 2 heterocycles. The minimum atomic E-state index is -0.0335. The Balaban J connectivity index is 1.83. The highest BCUT2D eigenvalue weighted by Gasteiger charge is 2.20. The number of nitrogens with one attached hydrogen (secondary N) is 1. The van der Waals surface area contributed by atoms with Crippen LogP contribution in [0, 0.1) is 13.8 Å². The van der Waals surface area contributed by atoms with Crippen molar-refractivity contribution in [1.29, 1.82) is 0 Å². The summed E-state index contributed by atoms with van der Waals surface area (Å²) in [4.78, 5) is 0. The molecular weight excluding hydrogens is 266 g/mol. The van der Waals surface area contributed by atoms with Gasteiger partial charge in [-0.1, -0.05) is 18.2 Å². The molecular formula is C16H19N3O2. The number of nitrogens with zero attached hydrogens (tertiary/aromatic N) is 2. The van der Waals surface area contributed by atoms with Gasteiger partial charge in [0.2, 0.25) is 11.8 Å².